The molecule has 80 valence electrons. The fourth-order valence-electron chi connectivity index (χ4n) is 2.76. The number of phenolic OH excluding ortho intramolecular Hbond substituents is 1. The van der Waals surface area contributed by atoms with Crippen molar-refractivity contribution in [1.29, 1.82) is 0 Å². The number of hydrogen-bond donors (Lipinski definition) is 2. The molecule has 0 spiro atoms. The number of aromatic hydroxyl groups is 1. The summed E-state index contributed by atoms with van der Waals surface area (Å²) in [6.45, 7) is 0. The van der Waals surface area contributed by atoms with Gasteiger partial charge < -0.3 is 10.8 Å². The van der Waals surface area contributed by atoms with Gasteiger partial charge in [-0.25, -0.2) is 0 Å². The van der Waals surface area contributed by atoms with E-state index < -0.39 is 0 Å². The molecule has 2 nitrogen and oxygen atoms in total. The summed E-state index contributed by atoms with van der Waals surface area (Å²) in [5, 5.41) is 9.96. The third-order valence-corrected chi connectivity index (χ3v) is 3.80. The van der Waals surface area contributed by atoms with Crippen molar-refractivity contribution in [2.24, 2.45) is 5.73 Å². The van der Waals surface area contributed by atoms with Crippen molar-refractivity contribution in [2.75, 3.05) is 0 Å². The van der Waals surface area contributed by atoms with Crippen LogP contribution in [0.3, 0.4) is 0 Å². The van der Waals surface area contributed by atoms with Gasteiger partial charge in [-0.05, 0) is 55.7 Å². The highest BCUT2D eigenvalue weighted by atomic mass is 16.3. The van der Waals surface area contributed by atoms with Gasteiger partial charge in [0.1, 0.15) is 5.75 Å². The molecule has 3 rings (SSSR count). The summed E-state index contributed by atoms with van der Waals surface area (Å²) >= 11 is 0. The second-order valence-electron chi connectivity index (χ2n) is 4.96. The van der Waals surface area contributed by atoms with E-state index in [1.54, 1.807) is 0 Å². The summed E-state index contributed by atoms with van der Waals surface area (Å²) in [5.74, 6) is 0.413. The second kappa shape index (κ2) is 2.99. The standard InChI is InChI=1S/C13H17NO/c14-13(7-8-13)12-10-4-2-1-3-9(10)5-6-11(12)15/h5-6,15H,1-4,7-8,14H2. The highest BCUT2D eigenvalue weighted by molar-refractivity contribution is 5.51. The van der Waals surface area contributed by atoms with E-state index in [-0.39, 0.29) is 5.54 Å². The summed E-state index contributed by atoms with van der Waals surface area (Å²) < 4.78 is 0. The van der Waals surface area contributed by atoms with E-state index >= 15 is 0 Å². The Kier molecular flexibility index (Phi) is 1.84. The van der Waals surface area contributed by atoms with Crippen LogP contribution in [-0.4, -0.2) is 5.11 Å². The van der Waals surface area contributed by atoms with E-state index in [4.69, 9.17) is 5.73 Å². The van der Waals surface area contributed by atoms with Crippen molar-refractivity contribution >= 4 is 0 Å². The molecule has 3 N–H and O–H groups in total. The number of aryl methyl sites for hydroxylation is 1. The highest BCUT2D eigenvalue weighted by Crippen LogP contribution is 2.49. The van der Waals surface area contributed by atoms with Gasteiger partial charge in [-0.15, -0.1) is 0 Å². The molecule has 1 aromatic rings. The van der Waals surface area contributed by atoms with Gasteiger partial charge in [0, 0.05) is 11.1 Å². The van der Waals surface area contributed by atoms with Gasteiger partial charge in [-0.2, -0.15) is 0 Å². The molecule has 0 saturated heterocycles. The molecule has 0 aromatic heterocycles. The van der Waals surface area contributed by atoms with Crippen molar-refractivity contribution in [3.8, 4) is 5.75 Å². The minimum atomic E-state index is -0.202. The third-order valence-electron chi connectivity index (χ3n) is 3.80. The molecule has 0 aliphatic heterocycles. The lowest BCUT2D eigenvalue weighted by atomic mass is 9.84. The van der Waals surface area contributed by atoms with Crippen LogP contribution in [0.4, 0.5) is 0 Å². The zero-order chi connectivity index (χ0) is 10.5. The number of fused-ring (bicyclic) bond motifs is 1. The molecule has 15 heavy (non-hydrogen) atoms. The van der Waals surface area contributed by atoms with Crippen LogP contribution in [0.25, 0.3) is 0 Å². The molecule has 0 amide bonds. The Morgan fingerprint density at radius 3 is 2.60 bits per heavy atom. The Bertz CT molecular complexity index is 407. The lowest BCUT2D eigenvalue weighted by Gasteiger charge is -2.23. The molecular formula is C13H17NO. The summed E-state index contributed by atoms with van der Waals surface area (Å²) in [5.41, 5.74) is 9.84. The van der Waals surface area contributed by atoms with Crippen LogP contribution < -0.4 is 5.73 Å². The van der Waals surface area contributed by atoms with Crippen molar-refractivity contribution in [3.63, 3.8) is 0 Å². The topological polar surface area (TPSA) is 46.2 Å². The lowest BCUT2D eigenvalue weighted by Crippen LogP contribution is -2.22. The monoisotopic (exact) mass is 203 g/mol. The minimum Gasteiger partial charge on any atom is -0.508 e. The SMILES string of the molecule is NC1(c2c(O)ccc3c2CCCC3)CC1. The normalized spacial score (nSPS) is 22.2. The van der Waals surface area contributed by atoms with Gasteiger partial charge in [0.2, 0.25) is 0 Å². The van der Waals surface area contributed by atoms with Crippen molar-refractivity contribution < 1.29 is 5.11 Å². The van der Waals surface area contributed by atoms with E-state index in [1.165, 1.54) is 24.0 Å². The van der Waals surface area contributed by atoms with Crippen LogP contribution in [-0.2, 0) is 18.4 Å². The van der Waals surface area contributed by atoms with Crippen LogP contribution >= 0.6 is 0 Å². The molecule has 1 aromatic carbocycles. The van der Waals surface area contributed by atoms with Crippen LogP contribution in [0.5, 0.6) is 5.75 Å². The maximum atomic E-state index is 9.96. The molecule has 2 heteroatoms. The lowest BCUT2D eigenvalue weighted by molar-refractivity contribution is 0.455. The Morgan fingerprint density at radius 1 is 1.13 bits per heavy atom. The molecule has 1 saturated carbocycles. The maximum Gasteiger partial charge on any atom is 0.120 e. The minimum absolute atomic E-state index is 0.202. The van der Waals surface area contributed by atoms with Gasteiger partial charge in [0.05, 0.1) is 0 Å². The molecule has 0 radical (unpaired) electrons. The van der Waals surface area contributed by atoms with Crippen molar-refractivity contribution in [2.45, 2.75) is 44.1 Å². The molecule has 2 aliphatic carbocycles. The summed E-state index contributed by atoms with van der Waals surface area (Å²) in [4.78, 5) is 0. The van der Waals surface area contributed by atoms with E-state index in [0.29, 0.717) is 5.75 Å². The number of hydrogen-bond acceptors (Lipinski definition) is 2. The Balaban J connectivity index is 2.18. The summed E-state index contributed by atoms with van der Waals surface area (Å²) in [6, 6.07) is 3.89. The maximum absolute atomic E-state index is 9.96. The van der Waals surface area contributed by atoms with Crippen LogP contribution in [0.2, 0.25) is 0 Å². The zero-order valence-electron chi connectivity index (χ0n) is 8.92. The fraction of sp³-hybridized carbons (Fsp3) is 0.538. The van der Waals surface area contributed by atoms with E-state index in [0.717, 1.165) is 31.2 Å². The Hall–Kier alpha value is -1.02. The molecule has 1 fully saturated rings. The van der Waals surface area contributed by atoms with Crippen molar-refractivity contribution in [3.05, 3.63) is 28.8 Å². The van der Waals surface area contributed by atoms with Gasteiger partial charge in [0.15, 0.2) is 0 Å². The second-order valence-corrected chi connectivity index (χ2v) is 4.96. The van der Waals surface area contributed by atoms with Gasteiger partial charge in [-0.1, -0.05) is 6.07 Å². The first-order valence-electron chi connectivity index (χ1n) is 5.84. The highest BCUT2D eigenvalue weighted by Gasteiger charge is 2.44. The van der Waals surface area contributed by atoms with E-state index in [9.17, 15) is 5.11 Å². The first-order valence-corrected chi connectivity index (χ1v) is 5.84. The predicted octanol–water partition coefficient (Wildman–Crippen LogP) is 2.22. The number of rotatable bonds is 1. The largest absolute Gasteiger partial charge is 0.508 e. The van der Waals surface area contributed by atoms with Crippen LogP contribution in [0, 0.1) is 0 Å². The fourth-order valence-corrected chi connectivity index (χ4v) is 2.76. The average molecular weight is 203 g/mol. The number of phenols is 1. The first kappa shape index (κ1) is 9.22. The zero-order valence-corrected chi connectivity index (χ0v) is 8.92. The quantitative estimate of drug-likeness (QED) is 0.735. The predicted molar refractivity (Wildman–Crippen MR) is 59.8 cm³/mol. The van der Waals surface area contributed by atoms with Gasteiger partial charge in [0.25, 0.3) is 0 Å². The Morgan fingerprint density at radius 2 is 1.87 bits per heavy atom. The first-order chi connectivity index (χ1) is 7.21. The van der Waals surface area contributed by atoms with Gasteiger partial charge in [-0.3, -0.25) is 0 Å². The molecule has 2 aliphatic rings. The number of benzene rings is 1. The molecule has 0 bridgehead atoms. The molecular weight excluding hydrogens is 186 g/mol. The van der Waals surface area contributed by atoms with Crippen molar-refractivity contribution in [1.82, 2.24) is 0 Å². The van der Waals surface area contributed by atoms with E-state index in [2.05, 4.69) is 6.07 Å². The number of nitrogens with two attached hydrogens (primary N) is 1. The van der Waals surface area contributed by atoms with Crippen LogP contribution in [0.1, 0.15) is 42.4 Å². The molecule has 0 heterocycles. The summed E-state index contributed by atoms with van der Waals surface area (Å²) in [7, 11) is 0. The van der Waals surface area contributed by atoms with Gasteiger partial charge >= 0.3 is 0 Å². The third kappa shape index (κ3) is 1.36. The average Bonchev–Trinajstić information content (AvgIpc) is 2.97. The van der Waals surface area contributed by atoms with E-state index in [1.807, 2.05) is 6.07 Å². The molecule has 0 unspecified atom stereocenters. The Labute approximate surface area is 90.1 Å². The summed E-state index contributed by atoms with van der Waals surface area (Å²) in [6.07, 6.45) is 6.80. The molecule has 0 atom stereocenters. The smallest absolute Gasteiger partial charge is 0.120 e. The van der Waals surface area contributed by atoms with Crippen LogP contribution in [0.15, 0.2) is 12.1 Å².